The third-order valence-electron chi connectivity index (χ3n) is 2.72. The van der Waals surface area contributed by atoms with Crippen molar-refractivity contribution in [2.24, 2.45) is 0 Å². The van der Waals surface area contributed by atoms with E-state index >= 15 is 0 Å². The van der Waals surface area contributed by atoms with E-state index in [0.29, 0.717) is 11.5 Å². The van der Waals surface area contributed by atoms with Crippen LogP contribution in [0.2, 0.25) is 0 Å². The van der Waals surface area contributed by atoms with Gasteiger partial charge >= 0.3 is 0 Å². The minimum absolute atomic E-state index is 0.00846. The standard InChI is InChI=1S/C13H14N2O5S2/c16-15(17)11-3-5-13(6-4-11)22(18,19)14-7-9-21-10-12-2-1-8-20-12/h1-6,8,14H,7,9-10H2. The maximum Gasteiger partial charge on any atom is 0.269 e. The van der Waals surface area contributed by atoms with E-state index in [2.05, 4.69) is 4.72 Å². The van der Waals surface area contributed by atoms with E-state index < -0.39 is 14.9 Å². The maximum atomic E-state index is 12.0. The lowest BCUT2D eigenvalue weighted by Gasteiger charge is -2.06. The van der Waals surface area contributed by atoms with Crippen molar-refractivity contribution in [3.63, 3.8) is 0 Å². The second kappa shape index (κ2) is 7.43. The lowest BCUT2D eigenvalue weighted by atomic mass is 10.3. The van der Waals surface area contributed by atoms with Crippen LogP contribution in [0.1, 0.15) is 5.76 Å². The number of rotatable bonds is 8. The van der Waals surface area contributed by atoms with Crippen molar-refractivity contribution < 1.29 is 17.8 Å². The van der Waals surface area contributed by atoms with Crippen LogP contribution in [0.3, 0.4) is 0 Å². The first-order valence-corrected chi connectivity index (χ1v) is 8.97. The summed E-state index contributed by atoms with van der Waals surface area (Å²) < 4.78 is 31.6. The molecule has 0 amide bonds. The van der Waals surface area contributed by atoms with Crippen molar-refractivity contribution in [3.05, 3.63) is 58.5 Å². The Kier molecular flexibility index (Phi) is 5.58. The summed E-state index contributed by atoms with van der Waals surface area (Å²) in [5.41, 5.74) is -0.145. The minimum Gasteiger partial charge on any atom is -0.468 e. The van der Waals surface area contributed by atoms with Crippen LogP contribution in [0, 0.1) is 10.1 Å². The van der Waals surface area contributed by atoms with Crippen molar-refractivity contribution in [2.75, 3.05) is 12.3 Å². The number of nitro benzene ring substituents is 1. The Hall–Kier alpha value is -1.84. The van der Waals surface area contributed by atoms with Gasteiger partial charge in [-0.15, -0.1) is 0 Å². The summed E-state index contributed by atoms with van der Waals surface area (Å²) in [5, 5.41) is 10.5. The van der Waals surface area contributed by atoms with Gasteiger partial charge in [0.15, 0.2) is 0 Å². The van der Waals surface area contributed by atoms with Crippen molar-refractivity contribution in [1.29, 1.82) is 0 Å². The molecule has 0 aliphatic carbocycles. The molecule has 0 bridgehead atoms. The third kappa shape index (κ3) is 4.58. The highest BCUT2D eigenvalue weighted by Gasteiger charge is 2.15. The minimum atomic E-state index is -3.65. The van der Waals surface area contributed by atoms with Crippen LogP contribution < -0.4 is 4.72 Å². The second-order valence-corrected chi connectivity index (χ2v) is 7.15. The van der Waals surface area contributed by atoms with E-state index in [1.165, 1.54) is 24.3 Å². The quantitative estimate of drug-likeness (QED) is 0.449. The second-order valence-electron chi connectivity index (χ2n) is 4.28. The molecule has 0 spiro atoms. The molecule has 0 aliphatic heterocycles. The molecule has 1 aromatic carbocycles. The van der Waals surface area contributed by atoms with Crippen molar-refractivity contribution in [3.8, 4) is 0 Å². The van der Waals surface area contributed by atoms with Crippen LogP contribution in [0.5, 0.6) is 0 Å². The van der Waals surface area contributed by atoms with E-state index in [1.54, 1.807) is 24.1 Å². The van der Waals surface area contributed by atoms with Crippen LogP contribution in [-0.2, 0) is 15.8 Å². The first-order valence-electron chi connectivity index (χ1n) is 6.33. The van der Waals surface area contributed by atoms with Gasteiger partial charge in [-0.3, -0.25) is 10.1 Å². The van der Waals surface area contributed by atoms with Crippen LogP contribution in [0.4, 0.5) is 5.69 Å². The van der Waals surface area contributed by atoms with Gasteiger partial charge < -0.3 is 4.42 Å². The highest BCUT2D eigenvalue weighted by molar-refractivity contribution is 7.98. The molecule has 0 unspecified atom stereocenters. The topological polar surface area (TPSA) is 102 Å². The normalized spacial score (nSPS) is 11.5. The number of benzene rings is 1. The van der Waals surface area contributed by atoms with Gasteiger partial charge in [0, 0.05) is 24.4 Å². The summed E-state index contributed by atoms with van der Waals surface area (Å²) >= 11 is 1.54. The lowest BCUT2D eigenvalue weighted by molar-refractivity contribution is -0.384. The van der Waals surface area contributed by atoms with Crippen molar-refractivity contribution in [2.45, 2.75) is 10.6 Å². The van der Waals surface area contributed by atoms with E-state index in [0.717, 1.165) is 5.76 Å². The molecule has 0 atom stereocenters. The van der Waals surface area contributed by atoms with Gasteiger partial charge in [-0.25, -0.2) is 13.1 Å². The molecule has 22 heavy (non-hydrogen) atoms. The molecule has 118 valence electrons. The summed E-state index contributed by atoms with van der Waals surface area (Å²) in [6.07, 6.45) is 1.59. The van der Waals surface area contributed by atoms with Crippen LogP contribution >= 0.6 is 11.8 Å². The number of thioether (sulfide) groups is 1. The molecular formula is C13H14N2O5S2. The van der Waals surface area contributed by atoms with E-state index in [-0.39, 0.29) is 17.1 Å². The predicted octanol–water partition coefficient (Wildman–Crippen LogP) is 2.40. The zero-order chi connectivity index (χ0) is 16.0. The summed E-state index contributed by atoms with van der Waals surface area (Å²) in [6.45, 7) is 0.269. The molecule has 0 radical (unpaired) electrons. The molecule has 9 heteroatoms. The number of sulfonamides is 1. The number of non-ortho nitro benzene ring substituents is 1. The molecule has 0 saturated carbocycles. The average Bonchev–Trinajstić information content (AvgIpc) is 3.00. The average molecular weight is 342 g/mol. The first-order chi connectivity index (χ1) is 10.5. The van der Waals surface area contributed by atoms with Gasteiger partial charge in [-0.1, -0.05) is 0 Å². The molecule has 1 N–H and O–H groups in total. The molecule has 7 nitrogen and oxygen atoms in total. The predicted molar refractivity (Wildman–Crippen MR) is 83.2 cm³/mol. The highest BCUT2D eigenvalue weighted by Crippen LogP contribution is 2.16. The van der Waals surface area contributed by atoms with Crippen LogP contribution in [0.15, 0.2) is 52.0 Å². The largest absolute Gasteiger partial charge is 0.468 e. The Bertz CT molecular complexity index is 711. The van der Waals surface area contributed by atoms with E-state index in [1.807, 2.05) is 6.07 Å². The fourth-order valence-corrected chi connectivity index (χ4v) is 3.56. The number of nitrogens with zero attached hydrogens (tertiary/aromatic N) is 1. The van der Waals surface area contributed by atoms with Gasteiger partial charge in [-0.05, 0) is 24.3 Å². The summed E-state index contributed by atoms with van der Waals surface area (Å²) in [7, 11) is -3.65. The molecule has 2 rings (SSSR count). The fourth-order valence-electron chi connectivity index (χ4n) is 1.65. The highest BCUT2D eigenvalue weighted by atomic mass is 32.2. The Morgan fingerprint density at radius 2 is 1.95 bits per heavy atom. The zero-order valence-corrected chi connectivity index (χ0v) is 13.1. The SMILES string of the molecule is O=[N+]([O-])c1ccc(S(=O)(=O)NCCSCc2ccco2)cc1. The van der Waals surface area contributed by atoms with Crippen LogP contribution in [0.25, 0.3) is 0 Å². The molecule has 0 saturated heterocycles. The maximum absolute atomic E-state index is 12.0. The Labute approximate surface area is 131 Å². The van der Waals surface area contributed by atoms with E-state index in [9.17, 15) is 18.5 Å². The molecule has 1 aromatic heterocycles. The summed E-state index contributed by atoms with van der Waals surface area (Å²) in [6, 6.07) is 8.43. The molecule has 2 aromatic rings. The number of hydrogen-bond donors (Lipinski definition) is 1. The summed E-state index contributed by atoms with van der Waals surface area (Å²) in [4.78, 5) is 9.97. The van der Waals surface area contributed by atoms with Crippen molar-refractivity contribution >= 4 is 27.5 Å². The Morgan fingerprint density at radius 1 is 1.23 bits per heavy atom. The molecule has 0 fully saturated rings. The van der Waals surface area contributed by atoms with Crippen molar-refractivity contribution in [1.82, 2.24) is 4.72 Å². The Morgan fingerprint density at radius 3 is 2.55 bits per heavy atom. The molecule has 1 heterocycles. The van der Waals surface area contributed by atoms with Gasteiger partial charge in [0.25, 0.3) is 5.69 Å². The monoisotopic (exact) mass is 342 g/mol. The fraction of sp³-hybridized carbons (Fsp3) is 0.231. The Balaban J connectivity index is 1.81. The molecular weight excluding hydrogens is 328 g/mol. The number of nitrogens with one attached hydrogen (secondary N) is 1. The smallest absolute Gasteiger partial charge is 0.269 e. The lowest BCUT2D eigenvalue weighted by Crippen LogP contribution is -2.26. The zero-order valence-electron chi connectivity index (χ0n) is 11.5. The van der Waals surface area contributed by atoms with E-state index in [4.69, 9.17) is 4.42 Å². The number of furan rings is 1. The van der Waals surface area contributed by atoms with Gasteiger partial charge in [0.2, 0.25) is 10.0 Å². The summed E-state index contributed by atoms with van der Waals surface area (Å²) in [5.74, 6) is 2.10. The third-order valence-corrected chi connectivity index (χ3v) is 5.18. The first kappa shape index (κ1) is 16.5. The number of hydrogen-bond acceptors (Lipinski definition) is 6. The van der Waals surface area contributed by atoms with Gasteiger partial charge in [-0.2, -0.15) is 11.8 Å². The van der Waals surface area contributed by atoms with Gasteiger partial charge in [0.05, 0.1) is 21.8 Å². The van der Waals surface area contributed by atoms with Crippen LogP contribution in [-0.4, -0.2) is 25.6 Å². The molecule has 0 aliphatic rings. The number of nitro groups is 1. The van der Waals surface area contributed by atoms with Gasteiger partial charge in [0.1, 0.15) is 5.76 Å².